The molecule has 3 aromatic rings. The zero-order valence-corrected chi connectivity index (χ0v) is 10.5. The molecule has 3 rings (SSSR count). The second kappa shape index (κ2) is 4.77. The summed E-state index contributed by atoms with van der Waals surface area (Å²) in [5.74, 6) is -1.26. The standard InChI is InChI=1S/C15H11FN2O2/c16-13-2-1-3-14-12(13)6-7-18(14)9-11-5-4-10(8-17-11)15(19)20/h1-8H,9H2,(H,19,20). The van der Waals surface area contributed by atoms with Crippen LogP contribution < -0.4 is 0 Å². The maximum absolute atomic E-state index is 13.6. The topological polar surface area (TPSA) is 55.1 Å². The lowest BCUT2D eigenvalue weighted by Gasteiger charge is -2.05. The van der Waals surface area contributed by atoms with Gasteiger partial charge in [0, 0.05) is 17.8 Å². The molecule has 0 fully saturated rings. The number of benzene rings is 1. The number of aromatic carboxylic acids is 1. The van der Waals surface area contributed by atoms with Gasteiger partial charge in [0.15, 0.2) is 0 Å². The van der Waals surface area contributed by atoms with Crippen LogP contribution in [0.1, 0.15) is 16.1 Å². The molecule has 0 aliphatic rings. The lowest BCUT2D eigenvalue weighted by molar-refractivity contribution is 0.0696. The van der Waals surface area contributed by atoms with Crippen molar-refractivity contribution in [2.75, 3.05) is 0 Å². The molecule has 0 atom stereocenters. The Morgan fingerprint density at radius 1 is 1.25 bits per heavy atom. The molecule has 0 radical (unpaired) electrons. The van der Waals surface area contributed by atoms with E-state index in [1.54, 1.807) is 24.4 Å². The number of carboxylic acids is 1. The van der Waals surface area contributed by atoms with Crippen LogP contribution in [-0.2, 0) is 6.54 Å². The lowest BCUT2D eigenvalue weighted by atomic mass is 10.2. The third-order valence-electron chi connectivity index (χ3n) is 3.16. The molecule has 0 unspecified atom stereocenters. The van der Waals surface area contributed by atoms with Crippen LogP contribution in [0, 0.1) is 5.82 Å². The molecule has 0 aliphatic carbocycles. The van der Waals surface area contributed by atoms with Crippen LogP contribution in [0.15, 0.2) is 48.8 Å². The number of fused-ring (bicyclic) bond motifs is 1. The van der Waals surface area contributed by atoms with E-state index in [9.17, 15) is 9.18 Å². The Morgan fingerprint density at radius 3 is 2.80 bits per heavy atom. The third kappa shape index (κ3) is 2.14. The molecule has 0 bridgehead atoms. The molecule has 2 heterocycles. The van der Waals surface area contributed by atoms with Crippen molar-refractivity contribution in [3.8, 4) is 0 Å². The second-order valence-corrected chi connectivity index (χ2v) is 4.46. The summed E-state index contributed by atoms with van der Waals surface area (Å²) in [6, 6.07) is 9.81. The molecule has 0 saturated carbocycles. The van der Waals surface area contributed by atoms with E-state index < -0.39 is 5.97 Å². The van der Waals surface area contributed by atoms with Crippen molar-refractivity contribution < 1.29 is 14.3 Å². The maximum atomic E-state index is 13.6. The number of rotatable bonds is 3. The SMILES string of the molecule is O=C(O)c1ccc(Cn2ccc3c(F)cccc32)nc1. The van der Waals surface area contributed by atoms with Gasteiger partial charge in [0.25, 0.3) is 0 Å². The number of nitrogens with zero attached hydrogens (tertiary/aromatic N) is 2. The first-order chi connectivity index (χ1) is 9.65. The number of hydrogen-bond acceptors (Lipinski definition) is 2. The van der Waals surface area contributed by atoms with Crippen LogP contribution in [0.5, 0.6) is 0 Å². The van der Waals surface area contributed by atoms with Crippen molar-refractivity contribution in [2.45, 2.75) is 6.54 Å². The van der Waals surface area contributed by atoms with Crippen LogP contribution in [-0.4, -0.2) is 20.6 Å². The Bertz CT molecular complexity index is 778. The summed E-state index contributed by atoms with van der Waals surface area (Å²) in [7, 11) is 0. The molecule has 1 N–H and O–H groups in total. The summed E-state index contributed by atoms with van der Waals surface area (Å²) in [4.78, 5) is 14.9. The normalized spacial score (nSPS) is 10.8. The highest BCUT2D eigenvalue weighted by Gasteiger charge is 2.07. The summed E-state index contributed by atoms with van der Waals surface area (Å²) >= 11 is 0. The predicted octanol–water partition coefficient (Wildman–Crippen LogP) is 2.92. The second-order valence-electron chi connectivity index (χ2n) is 4.46. The van der Waals surface area contributed by atoms with Gasteiger partial charge in [0.1, 0.15) is 5.82 Å². The van der Waals surface area contributed by atoms with Crippen LogP contribution in [0.25, 0.3) is 10.9 Å². The van der Waals surface area contributed by atoms with Crippen LogP contribution >= 0.6 is 0 Å². The number of carbonyl (C=O) groups is 1. The van der Waals surface area contributed by atoms with Crippen molar-refractivity contribution in [2.24, 2.45) is 0 Å². The van der Waals surface area contributed by atoms with Gasteiger partial charge in [0.2, 0.25) is 0 Å². The fourth-order valence-corrected chi connectivity index (χ4v) is 2.14. The summed E-state index contributed by atoms with van der Waals surface area (Å²) in [5.41, 5.74) is 1.66. The molecule has 0 spiro atoms. The van der Waals surface area contributed by atoms with Gasteiger partial charge in [-0.05, 0) is 30.3 Å². The number of carboxylic acid groups (broad SMARTS) is 1. The smallest absolute Gasteiger partial charge is 0.337 e. The van der Waals surface area contributed by atoms with Gasteiger partial charge in [-0.25, -0.2) is 9.18 Å². The summed E-state index contributed by atoms with van der Waals surface area (Å²) in [6.45, 7) is 0.465. The van der Waals surface area contributed by atoms with Gasteiger partial charge >= 0.3 is 5.97 Å². The van der Waals surface area contributed by atoms with Gasteiger partial charge in [-0.2, -0.15) is 0 Å². The maximum Gasteiger partial charge on any atom is 0.337 e. The lowest BCUT2D eigenvalue weighted by Crippen LogP contribution is -2.03. The molecular formula is C15H11FN2O2. The molecule has 5 heteroatoms. The van der Waals surface area contributed by atoms with Gasteiger partial charge in [-0.15, -0.1) is 0 Å². The molecule has 20 heavy (non-hydrogen) atoms. The van der Waals surface area contributed by atoms with Gasteiger partial charge < -0.3 is 9.67 Å². The van der Waals surface area contributed by atoms with Gasteiger partial charge in [0.05, 0.1) is 23.3 Å². The largest absolute Gasteiger partial charge is 0.478 e. The number of halogens is 1. The fourth-order valence-electron chi connectivity index (χ4n) is 2.14. The first kappa shape index (κ1) is 12.3. The van der Waals surface area contributed by atoms with Crippen molar-refractivity contribution in [3.05, 3.63) is 65.9 Å². The Balaban J connectivity index is 1.93. The number of aromatic nitrogens is 2. The van der Waals surface area contributed by atoms with E-state index >= 15 is 0 Å². The minimum Gasteiger partial charge on any atom is -0.478 e. The Labute approximate surface area is 114 Å². The van der Waals surface area contributed by atoms with E-state index in [0.717, 1.165) is 11.2 Å². The molecule has 1 aromatic carbocycles. The predicted molar refractivity (Wildman–Crippen MR) is 72.2 cm³/mol. The Hall–Kier alpha value is -2.69. The van der Waals surface area contributed by atoms with E-state index in [1.807, 2.05) is 10.6 Å². The highest BCUT2D eigenvalue weighted by atomic mass is 19.1. The summed E-state index contributed by atoms with van der Waals surface area (Å²) in [5, 5.41) is 9.38. The average Bonchev–Trinajstić information content (AvgIpc) is 2.84. The minimum atomic E-state index is -1.00. The molecule has 2 aromatic heterocycles. The van der Waals surface area contributed by atoms with Crippen molar-refractivity contribution >= 4 is 16.9 Å². The summed E-state index contributed by atoms with van der Waals surface area (Å²) < 4.78 is 15.5. The molecule has 4 nitrogen and oxygen atoms in total. The van der Waals surface area contributed by atoms with Crippen LogP contribution in [0.2, 0.25) is 0 Å². The Kier molecular flexibility index (Phi) is 2.95. The highest BCUT2D eigenvalue weighted by molar-refractivity contribution is 5.87. The van der Waals surface area contributed by atoms with E-state index in [-0.39, 0.29) is 11.4 Å². The molecule has 0 amide bonds. The van der Waals surface area contributed by atoms with Crippen LogP contribution in [0.3, 0.4) is 0 Å². The van der Waals surface area contributed by atoms with Gasteiger partial charge in [-0.1, -0.05) is 6.07 Å². The Morgan fingerprint density at radius 2 is 2.10 bits per heavy atom. The van der Waals surface area contributed by atoms with E-state index in [4.69, 9.17) is 5.11 Å². The molecule has 0 saturated heterocycles. The molecular weight excluding hydrogens is 259 g/mol. The zero-order valence-electron chi connectivity index (χ0n) is 10.5. The van der Waals surface area contributed by atoms with Crippen molar-refractivity contribution in [1.29, 1.82) is 0 Å². The highest BCUT2D eigenvalue weighted by Crippen LogP contribution is 2.19. The van der Waals surface area contributed by atoms with Crippen LogP contribution in [0.4, 0.5) is 4.39 Å². The monoisotopic (exact) mass is 270 g/mol. The number of hydrogen-bond donors (Lipinski definition) is 1. The first-order valence-electron chi connectivity index (χ1n) is 6.07. The van der Waals surface area contributed by atoms with Gasteiger partial charge in [-0.3, -0.25) is 4.98 Å². The summed E-state index contributed by atoms with van der Waals surface area (Å²) in [6.07, 6.45) is 3.12. The average molecular weight is 270 g/mol. The third-order valence-corrected chi connectivity index (χ3v) is 3.16. The van der Waals surface area contributed by atoms with E-state index in [0.29, 0.717) is 11.9 Å². The fraction of sp³-hybridized carbons (Fsp3) is 0.0667. The first-order valence-corrected chi connectivity index (χ1v) is 6.07. The zero-order chi connectivity index (χ0) is 14.1. The van der Waals surface area contributed by atoms with E-state index in [1.165, 1.54) is 18.3 Å². The molecule has 100 valence electrons. The van der Waals surface area contributed by atoms with Crippen molar-refractivity contribution in [1.82, 2.24) is 9.55 Å². The van der Waals surface area contributed by atoms with E-state index in [2.05, 4.69) is 4.98 Å². The van der Waals surface area contributed by atoms with Crippen molar-refractivity contribution in [3.63, 3.8) is 0 Å². The molecule has 0 aliphatic heterocycles. The minimum absolute atomic E-state index is 0.150. The quantitative estimate of drug-likeness (QED) is 0.796. The number of pyridine rings is 1.